The van der Waals surface area contributed by atoms with Crippen molar-refractivity contribution in [3.63, 3.8) is 0 Å². The molecule has 1 fully saturated rings. The number of hydrogen-bond acceptors (Lipinski definition) is 7. The quantitative estimate of drug-likeness (QED) is 0.167. The lowest BCUT2D eigenvalue weighted by Gasteiger charge is -2.47. The maximum absolute atomic E-state index is 13.6. The van der Waals surface area contributed by atoms with Crippen molar-refractivity contribution in [2.45, 2.75) is 83.9 Å². The SMILES string of the molecule is CCCC(CCC)NC[C@H](O)[C@H](Cc1ccccc1)NC(=O)c1cc(NCC)cc(N2CCCCS2(O)O)c1. The number of carbonyl (C=O) groups is 1. The van der Waals surface area contributed by atoms with Gasteiger partial charge in [0.2, 0.25) is 0 Å². The molecular formula is C30H48N4O4S. The molecule has 8 nitrogen and oxygen atoms in total. The zero-order valence-corrected chi connectivity index (χ0v) is 24.6. The first-order chi connectivity index (χ1) is 18.8. The Morgan fingerprint density at radius 1 is 1.03 bits per heavy atom. The molecule has 2 aromatic rings. The van der Waals surface area contributed by atoms with Crippen LogP contribution in [0.4, 0.5) is 11.4 Å². The maximum atomic E-state index is 13.6. The van der Waals surface area contributed by atoms with Crippen LogP contribution in [-0.4, -0.2) is 63.7 Å². The number of aliphatic hydroxyl groups is 1. The maximum Gasteiger partial charge on any atom is 0.251 e. The highest BCUT2D eigenvalue weighted by Crippen LogP contribution is 2.50. The molecule has 1 aliphatic heterocycles. The molecule has 1 aliphatic rings. The van der Waals surface area contributed by atoms with Crippen molar-refractivity contribution >= 4 is 28.1 Å². The van der Waals surface area contributed by atoms with E-state index in [1.165, 1.54) is 0 Å². The van der Waals surface area contributed by atoms with E-state index in [0.717, 1.165) is 49.8 Å². The average molecular weight is 561 g/mol. The fourth-order valence-corrected chi connectivity index (χ4v) is 6.85. The molecule has 1 amide bonds. The van der Waals surface area contributed by atoms with Gasteiger partial charge in [-0.05, 0) is 62.8 Å². The van der Waals surface area contributed by atoms with Gasteiger partial charge in [-0.25, -0.2) is 0 Å². The predicted octanol–water partition coefficient (Wildman–Crippen LogP) is 5.64. The van der Waals surface area contributed by atoms with Gasteiger partial charge >= 0.3 is 0 Å². The first kappa shape index (κ1) is 31.2. The summed E-state index contributed by atoms with van der Waals surface area (Å²) in [4.78, 5) is 13.6. The van der Waals surface area contributed by atoms with Crippen molar-refractivity contribution in [1.29, 1.82) is 0 Å². The van der Waals surface area contributed by atoms with E-state index in [-0.39, 0.29) is 5.91 Å². The third-order valence-electron chi connectivity index (χ3n) is 7.20. The summed E-state index contributed by atoms with van der Waals surface area (Å²) in [6.07, 6.45) is 5.58. The predicted molar refractivity (Wildman–Crippen MR) is 164 cm³/mol. The highest BCUT2D eigenvalue weighted by molar-refractivity contribution is 8.25. The molecule has 3 rings (SSSR count). The molecule has 6 N–H and O–H groups in total. The van der Waals surface area contributed by atoms with Crippen LogP contribution in [0.3, 0.4) is 0 Å². The minimum atomic E-state index is -2.93. The third-order valence-corrected chi connectivity index (χ3v) is 9.14. The normalized spacial score (nSPS) is 17.5. The van der Waals surface area contributed by atoms with Crippen molar-refractivity contribution < 1.29 is 19.0 Å². The van der Waals surface area contributed by atoms with Crippen LogP contribution >= 0.6 is 10.8 Å². The van der Waals surface area contributed by atoms with Crippen LogP contribution < -0.4 is 20.3 Å². The molecule has 2 aromatic carbocycles. The number of hydrogen-bond donors (Lipinski definition) is 6. The largest absolute Gasteiger partial charge is 0.390 e. The van der Waals surface area contributed by atoms with E-state index in [9.17, 15) is 19.0 Å². The van der Waals surface area contributed by atoms with E-state index in [1.54, 1.807) is 16.4 Å². The Morgan fingerprint density at radius 3 is 2.38 bits per heavy atom. The summed E-state index contributed by atoms with van der Waals surface area (Å²) in [6.45, 7) is 7.88. The molecule has 0 unspecified atom stereocenters. The topological polar surface area (TPSA) is 117 Å². The van der Waals surface area contributed by atoms with Gasteiger partial charge < -0.3 is 21.1 Å². The number of benzene rings is 2. The van der Waals surface area contributed by atoms with Crippen LogP contribution in [0.2, 0.25) is 0 Å². The molecule has 2 atom stereocenters. The van der Waals surface area contributed by atoms with Gasteiger partial charge in [-0.15, -0.1) is 10.8 Å². The van der Waals surface area contributed by atoms with Gasteiger partial charge in [0, 0.05) is 36.9 Å². The zero-order chi connectivity index (χ0) is 28.3. The third kappa shape index (κ3) is 9.39. The Kier molecular flexibility index (Phi) is 12.4. The summed E-state index contributed by atoms with van der Waals surface area (Å²) in [6, 6.07) is 15.1. The Hall–Kier alpha value is -2.30. The van der Waals surface area contributed by atoms with Crippen molar-refractivity contribution in [3.8, 4) is 0 Å². The van der Waals surface area contributed by atoms with Crippen LogP contribution in [-0.2, 0) is 6.42 Å². The van der Waals surface area contributed by atoms with Crippen LogP contribution in [0.1, 0.15) is 75.2 Å². The van der Waals surface area contributed by atoms with Gasteiger partial charge in [-0.3, -0.25) is 18.2 Å². The van der Waals surface area contributed by atoms with Gasteiger partial charge in [0.05, 0.1) is 23.6 Å². The van der Waals surface area contributed by atoms with Crippen molar-refractivity contribution in [2.24, 2.45) is 0 Å². The van der Waals surface area contributed by atoms with E-state index >= 15 is 0 Å². The zero-order valence-electron chi connectivity index (χ0n) is 23.7. The summed E-state index contributed by atoms with van der Waals surface area (Å²) in [5, 5.41) is 21.1. The van der Waals surface area contributed by atoms with Gasteiger partial charge in [-0.2, -0.15) is 0 Å². The smallest absolute Gasteiger partial charge is 0.251 e. The standard InChI is InChI=1S/C30H48N4O4S/c1-4-12-25(13-5-2)32-22-29(35)28(18-23-14-8-7-9-15-23)33-30(36)24-19-26(31-6-3)21-27(20-24)34-16-10-11-17-39(34,37)38/h7-9,14-15,19-21,25,28-29,31-32,35,37-38H,4-6,10-13,16-18,22H2,1-3H3,(H,33,36)/t28-,29-/m0/s1. The number of anilines is 2. The summed E-state index contributed by atoms with van der Waals surface area (Å²) in [7, 11) is -2.93. The van der Waals surface area contributed by atoms with E-state index in [4.69, 9.17) is 0 Å². The van der Waals surface area contributed by atoms with Crippen molar-refractivity contribution in [2.75, 3.05) is 35.0 Å². The van der Waals surface area contributed by atoms with E-state index < -0.39 is 22.9 Å². The number of carbonyl (C=O) groups excluding carboxylic acids is 1. The molecule has 0 spiro atoms. The first-order valence-electron chi connectivity index (χ1n) is 14.5. The number of nitrogens with one attached hydrogen (secondary N) is 3. The molecule has 1 heterocycles. The Labute approximate surface area is 236 Å². The highest BCUT2D eigenvalue weighted by atomic mass is 32.3. The Balaban J connectivity index is 1.83. The second-order valence-corrected chi connectivity index (χ2v) is 12.6. The molecule has 39 heavy (non-hydrogen) atoms. The van der Waals surface area contributed by atoms with E-state index in [2.05, 4.69) is 29.8 Å². The lowest BCUT2D eigenvalue weighted by atomic mass is 9.99. The molecular weight excluding hydrogens is 512 g/mol. The van der Waals surface area contributed by atoms with Crippen molar-refractivity contribution in [3.05, 3.63) is 59.7 Å². The van der Waals surface area contributed by atoms with Crippen molar-refractivity contribution in [1.82, 2.24) is 10.6 Å². The van der Waals surface area contributed by atoms with E-state index in [1.807, 2.05) is 43.3 Å². The highest BCUT2D eigenvalue weighted by Gasteiger charge is 2.29. The van der Waals surface area contributed by atoms with Gasteiger partial charge in [0.15, 0.2) is 0 Å². The second-order valence-electron chi connectivity index (χ2n) is 10.5. The second kappa shape index (κ2) is 15.5. The molecule has 9 heteroatoms. The fraction of sp³-hybridized carbons (Fsp3) is 0.567. The van der Waals surface area contributed by atoms with Crippen LogP contribution in [0.15, 0.2) is 48.5 Å². The Bertz CT molecular complexity index is 1020. The minimum Gasteiger partial charge on any atom is -0.390 e. The molecule has 0 saturated carbocycles. The fourth-order valence-electron chi connectivity index (χ4n) is 5.18. The lowest BCUT2D eigenvalue weighted by molar-refractivity contribution is 0.0823. The number of amides is 1. The number of rotatable bonds is 15. The lowest BCUT2D eigenvalue weighted by Crippen LogP contribution is -2.50. The summed E-state index contributed by atoms with van der Waals surface area (Å²) < 4.78 is 23.0. The molecule has 0 aliphatic carbocycles. The molecule has 0 radical (unpaired) electrons. The summed E-state index contributed by atoms with van der Waals surface area (Å²) >= 11 is 0. The average Bonchev–Trinajstić information content (AvgIpc) is 2.91. The van der Waals surface area contributed by atoms with Gasteiger partial charge in [0.1, 0.15) is 0 Å². The number of aliphatic hydroxyl groups excluding tert-OH is 1. The summed E-state index contributed by atoms with van der Waals surface area (Å²) in [5.74, 6) is 0.0261. The monoisotopic (exact) mass is 560 g/mol. The molecule has 218 valence electrons. The van der Waals surface area contributed by atoms with Gasteiger partial charge in [0.25, 0.3) is 5.91 Å². The molecule has 0 aromatic heterocycles. The molecule has 0 bridgehead atoms. The van der Waals surface area contributed by atoms with Crippen LogP contribution in [0.25, 0.3) is 0 Å². The molecule has 1 saturated heterocycles. The summed E-state index contributed by atoms with van der Waals surface area (Å²) in [5.41, 5.74) is 2.80. The first-order valence-corrected chi connectivity index (χ1v) is 16.1. The van der Waals surface area contributed by atoms with Crippen LogP contribution in [0, 0.1) is 0 Å². The minimum absolute atomic E-state index is 0.303. The van der Waals surface area contributed by atoms with Crippen LogP contribution in [0.5, 0.6) is 0 Å². The van der Waals surface area contributed by atoms with Gasteiger partial charge in [-0.1, -0.05) is 57.0 Å². The van der Waals surface area contributed by atoms with E-state index in [0.29, 0.717) is 49.1 Å². The number of nitrogens with zero attached hydrogens (tertiary/aromatic N) is 1. The Morgan fingerprint density at radius 2 is 1.74 bits per heavy atom.